The molecular weight excluding hydrogens is 194 g/mol. The van der Waals surface area contributed by atoms with Crippen molar-refractivity contribution in [1.29, 1.82) is 0 Å². The fourth-order valence-corrected chi connectivity index (χ4v) is 1.48. The number of aryl methyl sites for hydroxylation is 2. The second-order valence-electron chi connectivity index (χ2n) is 3.44. The zero-order valence-corrected chi connectivity index (χ0v) is 9.10. The third-order valence-corrected chi connectivity index (χ3v) is 2.35. The smallest absolute Gasteiger partial charge is 0.118 e. The van der Waals surface area contributed by atoms with Crippen LogP contribution >= 0.6 is 12.2 Å². The van der Waals surface area contributed by atoms with Crippen molar-refractivity contribution in [2.75, 3.05) is 0 Å². The molecular formula is C11H15NOS. The standard InChI is InChI=1S/C11H15NOS/c1-8-7-9(5-6-10(8)13)3-2-4-11(12)14/h5-7,13H,2-4H2,1H3,(H2,12,14). The molecule has 2 nitrogen and oxygen atoms in total. The van der Waals surface area contributed by atoms with E-state index < -0.39 is 0 Å². The van der Waals surface area contributed by atoms with Crippen LogP contribution in [0.4, 0.5) is 0 Å². The summed E-state index contributed by atoms with van der Waals surface area (Å²) in [5.74, 6) is 0.350. The Morgan fingerprint density at radius 2 is 2.21 bits per heavy atom. The Kier molecular flexibility index (Phi) is 3.89. The van der Waals surface area contributed by atoms with Gasteiger partial charge in [0.15, 0.2) is 0 Å². The number of nitrogens with two attached hydrogens (primary N) is 1. The Morgan fingerprint density at radius 3 is 2.79 bits per heavy atom. The number of benzene rings is 1. The van der Waals surface area contributed by atoms with Gasteiger partial charge in [0, 0.05) is 0 Å². The van der Waals surface area contributed by atoms with Gasteiger partial charge in [-0.2, -0.15) is 0 Å². The van der Waals surface area contributed by atoms with E-state index in [2.05, 4.69) is 0 Å². The lowest BCUT2D eigenvalue weighted by Crippen LogP contribution is -2.07. The summed E-state index contributed by atoms with van der Waals surface area (Å²) in [7, 11) is 0. The van der Waals surface area contributed by atoms with Crippen LogP contribution in [0, 0.1) is 6.92 Å². The van der Waals surface area contributed by atoms with Crippen molar-refractivity contribution in [2.24, 2.45) is 5.73 Å². The van der Waals surface area contributed by atoms with Crippen LogP contribution in [0.5, 0.6) is 5.75 Å². The minimum atomic E-state index is 0.350. The third-order valence-electron chi connectivity index (χ3n) is 2.15. The van der Waals surface area contributed by atoms with Crippen LogP contribution in [0.1, 0.15) is 24.0 Å². The fourth-order valence-electron chi connectivity index (χ4n) is 1.34. The van der Waals surface area contributed by atoms with Crippen molar-refractivity contribution in [1.82, 2.24) is 0 Å². The lowest BCUT2D eigenvalue weighted by Gasteiger charge is -2.03. The Labute approximate surface area is 89.7 Å². The minimum Gasteiger partial charge on any atom is -0.508 e. The number of hydrogen-bond acceptors (Lipinski definition) is 2. The highest BCUT2D eigenvalue weighted by Gasteiger charge is 1.98. The quantitative estimate of drug-likeness (QED) is 0.748. The Morgan fingerprint density at radius 1 is 1.50 bits per heavy atom. The molecule has 3 heteroatoms. The molecule has 0 heterocycles. The molecule has 1 rings (SSSR count). The third kappa shape index (κ3) is 3.34. The van der Waals surface area contributed by atoms with Gasteiger partial charge in [0.05, 0.1) is 4.99 Å². The van der Waals surface area contributed by atoms with Crippen molar-refractivity contribution >= 4 is 17.2 Å². The first-order chi connectivity index (χ1) is 6.59. The second kappa shape index (κ2) is 4.96. The largest absolute Gasteiger partial charge is 0.508 e. The lowest BCUT2D eigenvalue weighted by molar-refractivity contribution is 0.471. The molecule has 14 heavy (non-hydrogen) atoms. The van der Waals surface area contributed by atoms with E-state index in [9.17, 15) is 5.11 Å². The van der Waals surface area contributed by atoms with Crippen LogP contribution < -0.4 is 5.73 Å². The highest BCUT2D eigenvalue weighted by Crippen LogP contribution is 2.18. The molecule has 3 N–H and O–H groups in total. The minimum absolute atomic E-state index is 0.350. The molecule has 0 aliphatic rings. The molecule has 0 atom stereocenters. The molecule has 0 aliphatic carbocycles. The first kappa shape index (κ1) is 11.0. The van der Waals surface area contributed by atoms with Gasteiger partial charge >= 0.3 is 0 Å². The number of phenols is 1. The molecule has 0 saturated carbocycles. The number of thiocarbonyl (C=S) groups is 1. The van der Waals surface area contributed by atoms with Gasteiger partial charge in [0.2, 0.25) is 0 Å². The Hall–Kier alpha value is -1.09. The predicted molar refractivity (Wildman–Crippen MR) is 62.6 cm³/mol. The molecule has 0 amide bonds. The summed E-state index contributed by atoms with van der Waals surface area (Å²) in [6.45, 7) is 1.90. The van der Waals surface area contributed by atoms with Gasteiger partial charge in [-0.15, -0.1) is 0 Å². The highest BCUT2D eigenvalue weighted by atomic mass is 32.1. The van der Waals surface area contributed by atoms with E-state index in [1.54, 1.807) is 6.07 Å². The SMILES string of the molecule is Cc1cc(CCCC(N)=S)ccc1O. The number of aromatic hydroxyl groups is 1. The van der Waals surface area contributed by atoms with Crippen molar-refractivity contribution in [3.8, 4) is 5.75 Å². The van der Waals surface area contributed by atoms with Crippen molar-refractivity contribution in [3.05, 3.63) is 29.3 Å². The van der Waals surface area contributed by atoms with E-state index in [0.717, 1.165) is 24.8 Å². The maximum absolute atomic E-state index is 9.32. The monoisotopic (exact) mass is 209 g/mol. The number of phenolic OH excluding ortho intramolecular Hbond substituents is 1. The molecule has 0 aliphatic heterocycles. The summed E-state index contributed by atoms with van der Waals surface area (Å²) in [4.78, 5) is 0.570. The molecule has 0 unspecified atom stereocenters. The normalized spacial score (nSPS) is 10.1. The van der Waals surface area contributed by atoms with Crippen LogP contribution in [0.2, 0.25) is 0 Å². The number of hydrogen-bond donors (Lipinski definition) is 2. The van der Waals surface area contributed by atoms with E-state index >= 15 is 0 Å². The van der Waals surface area contributed by atoms with Crippen LogP contribution in [0.25, 0.3) is 0 Å². The van der Waals surface area contributed by atoms with Gasteiger partial charge in [-0.3, -0.25) is 0 Å². The molecule has 0 radical (unpaired) electrons. The molecule has 0 bridgehead atoms. The maximum atomic E-state index is 9.32. The second-order valence-corrected chi connectivity index (χ2v) is 3.97. The number of rotatable bonds is 4. The highest BCUT2D eigenvalue weighted by molar-refractivity contribution is 7.80. The van der Waals surface area contributed by atoms with Crippen LogP contribution in [0.3, 0.4) is 0 Å². The van der Waals surface area contributed by atoms with E-state index in [4.69, 9.17) is 18.0 Å². The first-order valence-corrected chi connectivity index (χ1v) is 5.07. The van der Waals surface area contributed by atoms with Crippen LogP contribution in [0.15, 0.2) is 18.2 Å². The zero-order valence-electron chi connectivity index (χ0n) is 8.29. The molecule has 1 aromatic rings. The van der Waals surface area contributed by atoms with Crippen LogP contribution in [-0.2, 0) is 6.42 Å². The van der Waals surface area contributed by atoms with Gasteiger partial charge in [-0.05, 0) is 43.4 Å². The molecule has 0 aromatic heterocycles. The summed E-state index contributed by atoms with van der Waals surface area (Å²) in [5.41, 5.74) is 7.54. The van der Waals surface area contributed by atoms with E-state index in [1.807, 2.05) is 19.1 Å². The average molecular weight is 209 g/mol. The summed E-state index contributed by atoms with van der Waals surface area (Å²) < 4.78 is 0. The van der Waals surface area contributed by atoms with Gasteiger partial charge in [0.1, 0.15) is 5.75 Å². The summed E-state index contributed by atoms with van der Waals surface area (Å²) in [5, 5.41) is 9.32. The van der Waals surface area contributed by atoms with E-state index in [1.165, 1.54) is 5.56 Å². The predicted octanol–water partition coefficient (Wildman–Crippen LogP) is 2.31. The topological polar surface area (TPSA) is 46.2 Å². The van der Waals surface area contributed by atoms with Crippen molar-refractivity contribution in [2.45, 2.75) is 26.2 Å². The van der Waals surface area contributed by atoms with E-state index in [-0.39, 0.29) is 0 Å². The average Bonchev–Trinajstić information content (AvgIpc) is 2.10. The van der Waals surface area contributed by atoms with Gasteiger partial charge in [-0.1, -0.05) is 24.4 Å². The lowest BCUT2D eigenvalue weighted by atomic mass is 10.1. The summed E-state index contributed by atoms with van der Waals surface area (Å²) in [6.07, 6.45) is 2.72. The van der Waals surface area contributed by atoms with E-state index in [0.29, 0.717) is 10.7 Å². The Bertz CT molecular complexity index is 336. The molecule has 0 saturated heterocycles. The molecule has 0 spiro atoms. The summed E-state index contributed by atoms with van der Waals surface area (Å²) in [6, 6.07) is 5.65. The Balaban J connectivity index is 2.51. The molecule has 0 fully saturated rings. The molecule has 1 aromatic carbocycles. The zero-order chi connectivity index (χ0) is 10.6. The van der Waals surface area contributed by atoms with Gasteiger partial charge in [0.25, 0.3) is 0 Å². The van der Waals surface area contributed by atoms with Gasteiger partial charge < -0.3 is 10.8 Å². The van der Waals surface area contributed by atoms with Gasteiger partial charge in [-0.25, -0.2) is 0 Å². The first-order valence-electron chi connectivity index (χ1n) is 4.66. The fraction of sp³-hybridized carbons (Fsp3) is 0.364. The maximum Gasteiger partial charge on any atom is 0.118 e. The van der Waals surface area contributed by atoms with Crippen molar-refractivity contribution in [3.63, 3.8) is 0 Å². The summed E-state index contributed by atoms with van der Waals surface area (Å²) >= 11 is 4.80. The van der Waals surface area contributed by atoms with Crippen LogP contribution in [-0.4, -0.2) is 10.1 Å². The van der Waals surface area contributed by atoms with Crippen molar-refractivity contribution < 1.29 is 5.11 Å². The molecule has 76 valence electrons.